The van der Waals surface area contributed by atoms with Crippen molar-refractivity contribution in [3.63, 3.8) is 0 Å². The maximum absolute atomic E-state index is 12.0. The van der Waals surface area contributed by atoms with E-state index in [4.69, 9.17) is 9.47 Å². The molecule has 0 rings (SSSR count). The summed E-state index contributed by atoms with van der Waals surface area (Å²) in [4.78, 5) is 23.9. The lowest BCUT2D eigenvalue weighted by molar-refractivity contribution is -0.161. The minimum absolute atomic E-state index is 0.0606. The van der Waals surface area contributed by atoms with Gasteiger partial charge in [-0.3, -0.25) is 9.59 Å². The molecule has 0 aromatic carbocycles. The van der Waals surface area contributed by atoms with Gasteiger partial charge in [-0.15, -0.1) is 0 Å². The molecule has 0 unspecified atom stereocenters. The summed E-state index contributed by atoms with van der Waals surface area (Å²) in [5, 5.41) is 9.43. The van der Waals surface area contributed by atoms with Gasteiger partial charge in [0.1, 0.15) is 6.61 Å². The molecule has 0 fully saturated rings. The molecule has 0 aliphatic carbocycles. The van der Waals surface area contributed by atoms with Crippen molar-refractivity contribution < 1.29 is 24.2 Å². The van der Waals surface area contributed by atoms with Crippen molar-refractivity contribution in [1.82, 2.24) is 0 Å². The van der Waals surface area contributed by atoms with Gasteiger partial charge in [0.25, 0.3) is 0 Å². The Bertz CT molecular complexity index is 463. The summed E-state index contributed by atoms with van der Waals surface area (Å²) in [6, 6.07) is 0. The molecule has 0 aliphatic rings. The van der Waals surface area contributed by atoms with Gasteiger partial charge < -0.3 is 14.6 Å². The normalized spacial score (nSPS) is 12.1. The van der Waals surface area contributed by atoms with Crippen LogP contribution in [0.3, 0.4) is 0 Å². The Morgan fingerprint density at radius 3 is 1.56 bits per heavy atom. The molecule has 0 bridgehead atoms. The second-order valence-electron chi connectivity index (χ2n) is 10.3. The predicted molar refractivity (Wildman–Crippen MR) is 141 cm³/mol. The lowest BCUT2D eigenvalue weighted by atomic mass is 10.0. The number of hydrogen-bond acceptors (Lipinski definition) is 5. The van der Waals surface area contributed by atoms with E-state index < -0.39 is 6.10 Å². The van der Waals surface area contributed by atoms with Crippen molar-refractivity contribution in [2.75, 3.05) is 13.2 Å². The van der Waals surface area contributed by atoms with Gasteiger partial charge in [0.05, 0.1) is 6.61 Å². The largest absolute Gasteiger partial charge is 0.462 e. The molecule has 5 nitrogen and oxygen atoms in total. The van der Waals surface area contributed by atoms with Gasteiger partial charge in [-0.1, -0.05) is 124 Å². The van der Waals surface area contributed by atoms with Crippen molar-refractivity contribution in [2.24, 2.45) is 5.92 Å². The Hall–Kier alpha value is -1.10. The Morgan fingerprint density at radius 1 is 0.647 bits per heavy atom. The first-order chi connectivity index (χ1) is 16.5. The molecule has 0 aromatic rings. The highest BCUT2D eigenvalue weighted by Gasteiger charge is 2.16. The van der Waals surface area contributed by atoms with Crippen molar-refractivity contribution >= 4 is 11.9 Å². The van der Waals surface area contributed by atoms with E-state index in [1.54, 1.807) is 0 Å². The van der Waals surface area contributed by atoms with Crippen molar-refractivity contribution in [2.45, 2.75) is 155 Å². The molecule has 34 heavy (non-hydrogen) atoms. The van der Waals surface area contributed by atoms with Gasteiger partial charge >= 0.3 is 11.9 Å². The van der Waals surface area contributed by atoms with E-state index in [0.29, 0.717) is 12.8 Å². The third-order valence-corrected chi connectivity index (χ3v) is 6.33. The smallest absolute Gasteiger partial charge is 0.306 e. The molecule has 0 saturated heterocycles. The van der Waals surface area contributed by atoms with E-state index in [1.807, 2.05) is 0 Å². The quantitative estimate of drug-likeness (QED) is 0.105. The third-order valence-electron chi connectivity index (χ3n) is 6.33. The van der Waals surface area contributed by atoms with Crippen LogP contribution in [0.25, 0.3) is 0 Å². The molecule has 0 amide bonds. The molecule has 202 valence electrons. The zero-order valence-electron chi connectivity index (χ0n) is 22.8. The van der Waals surface area contributed by atoms with Crippen LogP contribution in [0.4, 0.5) is 0 Å². The summed E-state index contributed by atoms with van der Waals surface area (Å²) >= 11 is 0. The summed E-state index contributed by atoms with van der Waals surface area (Å²) in [5.41, 5.74) is 0. The van der Waals surface area contributed by atoms with E-state index in [-0.39, 0.29) is 25.2 Å². The van der Waals surface area contributed by atoms with Crippen LogP contribution in [0.15, 0.2) is 0 Å². The highest BCUT2D eigenvalue weighted by molar-refractivity contribution is 5.70. The van der Waals surface area contributed by atoms with Crippen LogP contribution in [0, 0.1) is 5.92 Å². The first-order valence-electron chi connectivity index (χ1n) is 14.5. The van der Waals surface area contributed by atoms with Gasteiger partial charge in [0.2, 0.25) is 0 Å². The highest BCUT2D eigenvalue weighted by atomic mass is 16.6. The van der Waals surface area contributed by atoms with Crippen LogP contribution in [-0.4, -0.2) is 36.4 Å². The first kappa shape index (κ1) is 32.9. The molecule has 1 atom stereocenters. The number of carbonyl (C=O) groups excluding carboxylic acids is 2. The monoisotopic (exact) mass is 484 g/mol. The fraction of sp³-hybridized carbons (Fsp3) is 0.931. The van der Waals surface area contributed by atoms with Gasteiger partial charge in [-0.05, 0) is 18.8 Å². The number of hydrogen-bond donors (Lipinski definition) is 1. The van der Waals surface area contributed by atoms with Gasteiger partial charge in [0, 0.05) is 12.8 Å². The van der Waals surface area contributed by atoms with E-state index >= 15 is 0 Å². The van der Waals surface area contributed by atoms with Crippen LogP contribution >= 0.6 is 0 Å². The summed E-state index contributed by atoms with van der Waals surface area (Å²) in [5.74, 6) is 0.182. The third kappa shape index (κ3) is 24.0. The lowest BCUT2D eigenvalue weighted by Crippen LogP contribution is -2.28. The molecule has 0 radical (unpaired) electrons. The minimum atomic E-state index is -0.759. The van der Waals surface area contributed by atoms with Gasteiger partial charge in [-0.25, -0.2) is 0 Å². The number of aliphatic hydroxyl groups is 1. The summed E-state index contributed by atoms with van der Waals surface area (Å²) < 4.78 is 10.5. The maximum Gasteiger partial charge on any atom is 0.306 e. The Labute approximate surface area is 210 Å². The molecular weight excluding hydrogens is 428 g/mol. The van der Waals surface area contributed by atoms with Crippen LogP contribution in [0.1, 0.15) is 149 Å². The predicted octanol–water partition coefficient (Wildman–Crippen LogP) is 7.91. The molecule has 0 aromatic heterocycles. The Kier molecular flexibility index (Phi) is 24.2. The number of aliphatic hydroxyl groups excluding tert-OH is 1. The second kappa shape index (κ2) is 25.0. The molecular formula is C29H56O5. The van der Waals surface area contributed by atoms with Crippen molar-refractivity contribution in [1.29, 1.82) is 0 Å². The standard InChI is InChI=1S/C29H56O5/c1-4-5-6-7-8-9-10-11-12-16-19-22-28(31)33-25-27(24-30)34-29(32)23-20-17-14-13-15-18-21-26(2)3/h26-27,30H,4-25H2,1-3H3/t27-/m0/s1. The van der Waals surface area contributed by atoms with Crippen molar-refractivity contribution in [3.8, 4) is 0 Å². The molecule has 0 heterocycles. The van der Waals surface area contributed by atoms with Crippen molar-refractivity contribution in [3.05, 3.63) is 0 Å². The topological polar surface area (TPSA) is 72.8 Å². The number of ether oxygens (including phenoxy) is 2. The zero-order valence-corrected chi connectivity index (χ0v) is 22.8. The Morgan fingerprint density at radius 2 is 1.09 bits per heavy atom. The van der Waals surface area contributed by atoms with Crippen LogP contribution < -0.4 is 0 Å². The average Bonchev–Trinajstić information content (AvgIpc) is 2.81. The lowest BCUT2D eigenvalue weighted by Gasteiger charge is -2.15. The number of rotatable bonds is 25. The van der Waals surface area contributed by atoms with E-state index in [1.165, 1.54) is 77.0 Å². The SMILES string of the molecule is CCCCCCCCCCCCCC(=O)OC[C@H](CO)OC(=O)CCCCCCCCC(C)C. The summed E-state index contributed by atoms with van der Waals surface area (Å²) in [6.45, 7) is 6.37. The fourth-order valence-electron chi connectivity index (χ4n) is 4.09. The van der Waals surface area contributed by atoms with Gasteiger partial charge in [-0.2, -0.15) is 0 Å². The zero-order chi connectivity index (χ0) is 25.3. The van der Waals surface area contributed by atoms with Crippen LogP contribution in [-0.2, 0) is 19.1 Å². The average molecular weight is 485 g/mol. The highest BCUT2D eigenvalue weighted by Crippen LogP contribution is 2.14. The number of unbranched alkanes of at least 4 members (excludes halogenated alkanes) is 15. The summed E-state index contributed by atoms with van der Waals surface area (Å²) in [7, 11) is 0. The molecule has 5 heteroatoms. The van der Waals surface area contributed by atoms with Gasteiger partial charge in [0.15, 0.2) is 6.10 Å². The van der Waals surface area contributed by atoms with E-state index in [9.17, 15) is 14.7 Å². The second-order valence-corrected chi connectivity index (χ2v) is 10.3. The minimum Gasteiger partial charge on any atom is -0.462 e. The number of carbonyl (C=O) groups is 2. The van der Waals surface area contributed by atoms with E-state index in [2.05, 4.69) is 20.8 Å². The maximum atomic E-state index is 12.0. The van der Waals surface area contributed by atoms with E-state index in [0.717, 1.165) is 44.4 Å². The molecule has 0 aliphatic heterocycles. The molecule has 1 N–H and O–H groups in total. The van der Waals surface area contributed by atoms with Crippen LogP contribution in [0.2, 0.25) is 0 Å². The first-order valence-corrected chi connectivity index (χ1v) is 14.5. The summed E-state index contributed by atoms with van der Waals surface area (Å²) in [6.07, 6.45) is 21.6. The molecule has 0 saturated carbocycles. The molecule has 0 spiro atoms. The van der Waals surface area contributed by atoms with Crippen LogP contribution in [0.5, 0.6) is 0 Å². The Balaban J connectivity index is 3.60. The number of esters is 2. The fourth-order valence-corrected chi connectivity index (χ4v) is 4.09.